The van der Waals surface area contributed by atoms with Gasteiger partial charge in [-0.3, -0.25) is 0 Å². The molecule has 0 spiro atoms. The van der Waals surface area contributed by atoms with Crippen molar-refractivity contribution in [2.45, 2.75) is 32.7 Å². The van der Waals surface area contributed by atoms with E-state index in [1.54, 1.807) is 0 Å². The molecule has 0 atom stereocenters. The van der Waals surface area contributed by atoms with E-state index in [-0.39, 0.29) is 0 Å². The number of rotatable bonds is 9. The van der Waals surface area contributed by atoms with Crippen molar-refractivity contribution in [2.24, 2.45) is 10.9 Å². The van der Waals surface area contributed by atoms with Crippen molar-refractivity contribution in [1.82, 2.24) is 10.6 Å². The fourth-order valence-electron chi connectivity index (χ4n) is 2.65. The molecule has 0 aromatic heterocycles. The van der Waals surface area contributed by atoms with Crippen LogP contribution in [0.4, 0.5) is 0 Å². The van der Waals surface area contributed by atoms with Crippen molar-refractivity contribution in [1.29, 1.82) is 0 Å². The maximum atomic E-state index is 5.80. The Kier molecular flexibility index (Phi) is 9.92. The van der Waals surface area contributed by atoms with Gasteiger partial charge >= 0.3 is 0 Å². The molecule has 0 bridgehead atoms. The molecule has 1 aliphatic rings. The highest BCUT2D eigenvalue weighted by Gasteiger charge is 2.13. The molecular weight excluding hydrogens is 382 g/mol. The molecule has 1 fully saturated rings. The molecule has 0 aliphatic carbocycles. The zero-order valence-corrected chi connectivity index (χ0v) is 16.7. The van der Waals surface area contributed by atoms with Crippen LogP contribution in [0.5, 0.6) is 0 Å². The van der Waals surface area contributed by atoms with E-state index in [0.717, 1.165) is 69.2 Å². The van der Waals surface area contributed by atoms with Crippen LogP contribution in [0.15, 0.2) is 33.7 Å². The van der Waals surface area contributed by atoms with Crippen molar-refractivity contribution in [2.75, 3.05) is 39.5 Å². The molecule has 1 saturated heterocycles. The van der Waals surface area contributed by atoms with Crippen LogP contribution >= 0.6 is 15.9 Å². The lowest BCUT2D eigenvalue weighted by atomic mass is 10.0. The molecule has 2 N–H and O–H groups in total. The van der Waals surface area contributed by atoms with E-state index in [4.69, 9.17) is 9.47 Å². The van der Waals surface area contributed by atoms with Crippen molar-refractivity contribution in [3.8, 4) is 0 Å². The molecule has 0 unspecified atom stereocenters. The molecule has 1 aromatic carbocycles. The van der Waals surface area contributed by atoms with Crippen LogP contribution in [0.1, 0.15) is 31.7 Å². The summed E-state index contributed by atoms with van der Waals surface area (Å²) in [5.41, 5.74) is 1.19. The summed E-state index contributed by atoms with van der Waals surface area (Å²) in [6, 6.07) is 8.25. The Balaban J connectivity index is 1.61. The number of aliphatic imine (C=N–C) groups is 1. The van der Waals surface area contributed by atoms with Crippen LogP contribution in [0.25, 0.3) is 0 Å². The smallest absolute Gasteiger partial charge is 0.191 e. The molecule has 5 nitrogen and oxygen atoms in total. The minimum atomic E-state index is 0.670. The average Bonchev–Trinajstić information content (AvgIpc) is 2.64. The van der Waals surface area contributed by atoms with Crippen LogP contribution in [0.3, 0.4) is 0 Å². The fraction of sp³-hybridized carbons (Fsp3) is 0.632. The summed E-state index contributed by atoms with van der Waals surface area (Å²) >= 11 is 3.45. The first kappa shape index (κ1) is 20.2. The summed E-state index contributed by atoms with van der Waals surface area (Å²) < 4.78 is 12.3. The third-order valence-electron chi connectivity index (χ3n) is 4.13. The van der Waals surface area contributed by atoms with E-state index in [1.165, 1.54) is 5.56 Å². The second kappa shape index (κ2) is 12.3. The van der Waals surface area contributed by atoms with Gasteiger partial charge in [0.25, 0.3) is 0 Å². The second-order valence-corrected chi connectivity index (χ2v) is 7.15. The molecule has 1 aliphatic heterocycles. The number of halogens is 1. The Labute approximate surface area is 159 Å². The first-order chi connectivity index (χ1) is 12.3. The van der Waals surface area contributed by atoms with E-state index >= 15 is 0 Å². The predicted octanol–water partition coefficient (Wildman–Crippen LogP) is 3.34. The highest BCUT2D eigenvalue weighted by molar-refractivity contribution is 9.10. The van der Waals surface area contributed by atoms with Gasteiger partial charge in [0.1, 0.15) is 0 Å². The molecule has 0 radical (unpaired) electrons. The molecule has 25 heavy (non-hydrogen) atoms. The Hall–Kier alpha value is -1.11. The third-order valence-corrected chi connectivity index (χ3v) is 4.66. The van der Waals surface area contributed by atoms with E-state index in [9.17, 15) is 0 Å². The highest BCUT2D eigenvalue weighted by atomic mass is 79.9. The summed E-state index contributed by atoms with van der Waals surface area (Å²) in [6.45, 7) is 7.88. The zero-order valence-electron chi connectivity index (χ0n) is 15.1. The monoisotopic (exact) mass is 411 g/mol. The lowest BCUT2D eigenvalue weighted by Gasteiger charge is -2.21. The molecule has 140 valence electrons. The maximum absolute atomic E-state index is 5.80. The summed E-state index contributed by atoms with van der Waals surface area (Å²) in [5.74, 6) is 1.53. The van der Waals surface area contributed by atoms with E-state index in [1.807, 2.05) is 12.1 Å². The van der Waals surface area contributed by atoms with Crippen molar-refractivity contribution >= 4 is 21.9 Å². The zero-order chi connectivity index (χ0) is 17.7. The molecule has 0 amide bonds. The van der Waals surface area contributed by atoms with E-state index < -0.39 is 0 Å². The number of hydrogen-bond donors (Lipinski definition) is 2. The van der Waals surface area contributed by atoms with Gasteiger partial charge in [-0.1, -0.05) is 28.1 Å². The predicted molar refractivity (Wildman–Crippen MR) is 106 cm³/mol. The van der Waals surface area contributed by atoms with Gasteiger partial charge in [0.2, 0.25) is 0 Å². The quantitative estimate of drug-likeness (QED) is 0.371. The number of ether oxygens (including phenoxy) is 2. The lowest BCUT2D eigenvalue weighted by molar-refractivity contribution is 0.0203. The number of nitrogens with one attached hydrogen (secondary N) is 2. The van der Waals surface area contributed by atoms with Crippen LogP contribution < -0.4 is 10.6 Å². The van der Waals surface area contributed by atoms with Crippen LogP contribution in [0.2, 0.25) is 0 Å². The molecule has 2 rings (SSSR count). The highest BCUT2D eigenvalue weighted by Crippen LogP contribution is 2.14. The number of hydrogen-bond acceptors (Lipinski definition) is 3. The van der Waals surface area contributed by atoms with Crippen LogP contribution in [0, 0.1) is 5.92 Å². The van der Waals surface area contributed by atoms with Gasteiger partial charge in [-0.05, 0) is 49.8 Å². The maximum Gasteiger partial charge on any atom is 0.191 e. The SMILES string of the molecule is CCNC(=NCc1ccc(Br)cc1)NCCCOCC1CCOCC1. The topological polar surface area (TPSA) is 54.9 Å². The molecule has 1 heterocycles. The van der Waals surface area contributed by atoms with Gasteiger partial charge < -0.3 is 20.1 Å². The third kappa shape index (κ3) is 8.70. The summed E-state index contributed by atoms with van der Waals surface area (Å²) in [4.78, 5) is 4.63. The molecular formula is C19H30BrN3O2. The van der Waals surface area contributed by atoms with Gasteiger partial charge in [0, 0.05) is 44.0 Å². The molecule has 0 saturated carbocycles. The van der Waals surface area contributed by atoms with E-state index in [0.29, 0.717) is 12.5 Å². The Morgan fingerprint density at radius 1 is 1.24 bits per heavy atom. The summed E-state index contributed by atoms with van der Waals surface area (Å²) in [5, 5.41) is 6.65. The minimum absolute atomic E-state index is 0.670. The fourth-order valence-corrected chi connectivity index (χ4v) is 2.91. The summed E-state index contributed by atoms with van der Waals surface area (Å²) in [7, 11) is 0. The Morgan fingerprint density at radius 3 is 2.72 bits per heavy atom. The van der Waals surface area contributed by atoms with Gasteiger partial charge in [0.05, 0.1) is 6.54 Å². The first-order valence-electron chi connectivity index (χ1n) is 9.20. The minimum Gasteiger partial charge on any atom is -0.381 e. The van der Waals surface area contributed by atoms with Crippen LogP contribution in [-0.4, -0.2) is 45.5 Å². The van der Waals surface area contributed by atoms with Crippen molar-refractivity contribution in [3.63, 3.8) is 0 Å². The van der Waals surface area contributed by atoms with Gasteiger partial charge in [-0.25, -0.2) is 4.99 Å². The normalized spacial score (nSPS) is 16.0. The number of nitrogens with zero attached hydrogens (tertiary/aromatic N) is 1. The standard InChI is InChI=1S/C19H30BrN3O2/c1-2-21-19(23-14-16-4-6-18(20)7-5-16)22-10-3-11-25-15-17-8-12-24-13-9-17/h4-7,17H,2-3,8-15H2,1H3,(H2,21,22,23). The Bertz CT molecular complexity index is 502. The number of benzene rings is 1. The largest absolute Gasteiger partial charge is 0.381 e. The average molecular weight is 412 g/mol. The number of guanidine groups is 1. The van der Waals surface area contributed by atoms with Crippen molar-refractivity contribution in [3.05, 3.63) is 34.3 Å². The Morgan fingerprint density at radius 2 is 2.00 bits per heavy atom. The summed E-state index contributed by atoms with van der Waals surface area (Å²) in [6.07, 6.45) is 3.24. The van der Waals surface area contributed by atoms with Gasteiger partial charge in [-0.2, -0.15) is 0 Å². The van der Waals surface area contributed by atoms with Gasteiger partial charge in [0.15, 0.2) is 5.96 Å². The van der Waals surface area contributed by atoms with Crippen molar-refractivity contribution < 1.29 is 9.47 Å². The molecule has 6 heteroatoms. The van der Waals surface area contributed by atoms with Crippen LogP contribution in [-0.2, 0) is 16.0 Å². The van der Waals surface area contributed by atoms with Gasteiger partial charge in [-0.15, -0.1) is 0 Å². The molecule has 1 aromatic rings. The lowest BCUT2D eigenvalue weighted by Crippen LogP contribution is -2.38. The first-order valence-corrected chi connectivity index (χ1v) is 9.99. The van der Waals surface area contributed by atoms with E-state index in [2.05, 4.69) is 50.6 Å². The second-order valence-electron chi connectivity index (χ2n) is 6.23.